The first-order chi connectivity index (χ1) is 17.9. The highest BCUT2D eigenvalue weighted by molar-refractivity contribution is 6.35. The van der Waals surface area contributed by atoms with Gasteiger partial charge in [-0.15, -0.1) is 0 Å². The summed E-state index contributed by atoms with van der Waals surface area (Å²) in [7, 11) is 1.62. The van der Waals surface area contributed by atoms with Crippen LogP contribution in [0.4, 0.5) is 11.6 Å². The highest BCUT2D eigenvalue weighted by atomic mass is 35.5. The second-order valence-electron chi connectivity index (χ2n) is 8.76. The van der Waals surface area contributed by atoms with Crippen LogP contribution in [0, 0.1) is 0 Å². The van der Waals surface area contributed by atoms with E-state index in [2.05, 4.69) is 0 Å². The zero-order valence-corrected chi connectivity index (χ0v) is 21.3. The fraction of sp³-hybridized carbons (Fsp3) is 0.148. The first-order valence-corrected chi connectivity index (χ1v) is 12.4. The second-order valence-corrected chi connectivity index (χ2v) is 9.61. The zero-order valence-electron chi connectivity index (χ0n) is 19.8. The first kappa shape index (κ1) is 23.4. The Morgan fingerprint density at radius 2 is 1.65 bits per heavy atom. The zero-order chi connectivity index (χ0) is 25.7. The van der Waals surface area contributed by atoms with Crippen LogP contribution < -0.4 is 20.9 Å². The number of para-hydroxylation sites is 1. The van der Waals surface area contributed by atoms with E-state index in [9.17, 15) is 9.59 Å². The van der Waals surface area contributed by atoms with Crippen LogP contribution in [0.3, 0.4) is 0 Å². The molecular weight excluding hydrogens is 513 g/mol. The van der Waals surface area contributed by atoms with Crippen molar-refractivity contribution in [2.75, 3.05) is 11.4 Å². The van der Waals surface area contributed by atoms with Gasteiger partial charge >= 0.3 is 5.69 Å². The number of aryl methyl sites for hydroxylation is 1. The average Bonchev–Trinajstić information content (AvgIpc) is 3.47. The molecule has 0 fully saturated rings. The summed E-state index contributed by atoms with van der Waals surface area (Å²) < 4.78 is 10.4. The number of nitrogens with zero attached hydrogens (tertiary/aromatic N) is 5. The second kappa shape index (κ2) is 9.14. The Hall–Kier alpha value is -4.01. The smallest absolute Gasteiger partial charge is 0.332 e. The molecule has 37 heavy (non-hydrogen) atoms. The first-order valence-electron chi connectivity index (χ1n) is 11.7. The van der Waals surface area contributed by atoms with E-state index in [1.807, 2.05) is 64.1 Å². The predicted octanol–water partition coefficient (Wildman–Crippen LogP) is 5.20. The molecular formula is C27H21Cl2N5O3. The van der Waals surface area contributed by atoms with E-state index in [-0.39, 0.29) is 6.54 Å². The van der Waals surface area contributed by atoms with E-state index in [1.54, 1.807) is 25.2 Å². The summed E-state index contributed by atoms with van der Waals surface area (Å²) in [5.74, 6) is 2.09. The highest BCUT2D eigenvalue weighted by Gasteiger charge is 2.29. The lowest BCUT2D eigenvalue weighted by atomic mass is 10.2. The molecule has 186 valence electrons. The van der Waals surface area contributed by atoms with Gasteiger partial charge in [-0.25, -0.2) is 4.79 Å². The van der Waals surface area contributed by atoms with Gasteiger partial charge in [0.2, 0.25) is 5.95 Å². The molecule has 0 aliphatic carbocycles. The van der Waals surface area contributed by atoms with Crippen molar-refractivity contribution in [2.24, 2.45) is 7.05 Å². The number of imidazole rings is 1. The van der Waals surface area contributed by atoms with Crippen molar-refractivity contribution in [1.29, 1.82) is 0 Å². The molecule has 3 aromatic carbocycles. The Bertz CT molecular complexity index is 1760. The molecule has 0 atom stereocenters. The molecule has 0 radical (unpaired) electrons. The third kappa shape index (κ3) is 4.08. The summed E-state index contributed by atoms with van der Waals surface area (Å²) in [6.07, 6.45) is 0. The van der Waals surface area contributed by atoms with E-state index >= 15 is 0 Å². The molecule has 8 nitrogen and oxygen atoms in total. The minimum Gasteiger partial charge on any atom is -0.457 e. The fourth-order valence-corrected chi connectivity index (χ4v) is 5.07. The van der Waals surface area contributed by atoms with Gasteiger partial charge in [0, 0.05) is 35.9 Å². The van der Waals surface area contributed by atoms with Gasteiger partial charge in [-0.3, -0.25) is 13.9 Å². The Balaban J connectivity index is 1.37. The van der Waals surface area contributed by atoms with Gasteiger partial charge in [0.1, 0.15) is 11.5 Å². The summed E-state index contributed by atoms with van der Waals surface area (Å²) in [6, 6.07) is 22.3. The van der Waals surface area contributed by atoms with Crippen molar-refractivity contribution in [3.8, 4) is 11.5 Å². The topological polar surface area (TPSA) is 74.3 Å². The lowest BCUT2D eigenvalue weighted by Crippen LogP contribution is -2.40. The van der Waals surface area contributed by atoms with Crippen LogP contribution in [0.15, 0.2) is 82.4 Å². The number of halogens is 2. The predicted molar refractivity (Wildman–Crippen MR) is 145 cm³/mol. The fourth-order valence-electron chi connectivity index (χ4n) is 4.60. The van der Waals surface area contributed by atoms with Crippen LogP contribution >= 0.6 is 23.2 Å². The molecule has 5 aromatic rings. The number of ether oxygens (including phenoxy) is 1. The number of aromatic nitrogens is 4. The van der Waals surface area contributed by atoms with E-state index in [1.165, 1.54) is 9.13 Å². The minimum absolute atomic E-state index is 0.0323. The molecule has 2 aromatic heterocycles. The van der Waals surface area contributed by atoms with Crippen molar-refractivity contribution < 1.29 is 4.74 Å². The monoisotopic (exact) mass is 533 g/mol. The Morgan fingerprint density at radius 3 is 2.38 bits per heavy atom. The molecule has 0 spiro atoms. The summed E-state index contributed by atoms with van der Waals surface area (Å²) in [4.78, 5) is 33.4. The third-order valence-electron chi connectivity index (χ3n) is 6.47. The van der Waals surface area contributed by atoms with Crippen molar-refractivity contribution in [3.63, 3.8) is 0 Å². The van der Waals surface area contributed by atoms with E-state index < -0.39 is 11.2 Å². The van der Waals surface area contributed by atoms with Crippen molar-refractivity contribution in [2.45, 2.75) is 13.1 Å². The van der Waals surface area contributed by atoms with Gasteiger partial charge in [0.05, 0.1) is 6.54 Å². The van der Waals surface area contributed by atoms with Crippen molar-refractivity contribution in [3.05, 3.63) is 109 Å². The van der Waals surface area contributed by atoms with Gasteiger partial charge < -0.3 is 14.2 Å². The molecule has 1 aliphatic rings. The van der Waals surface area contributed by atoms with Crippen LogP contribution in [0.1, 0.15) is 5.56 Å². The molecule has 0 saturated heterocycles. The van der Waals surface area contributed by atoms with Crippen molar-refractivity contribution >= 4 is 46.0 Å². The number of hydrogen-bond acceptors (Lipinski definition) is 5. The van der Waals surface area contributed by atoms with Crippen LogP contribution in [0.5, 0.6) is 11.5 Å². The van der Waals surface area contributed by atoms with Gasteiger partial charge in [-0.1, -0.05) is 47.5 Å². The summed E-state index contributed by atoms with van der Waals surface area (Å²) in [6.45, 7) is 1.23. The van der Waals surface area contributed by atoms with Gasteiger partial charge in [-0.05, 0) is 54.1 Å². The summed E-state index contributed by atoms with van der Waals surface area (Å²) >= 11 is 12.3. The van der Waals surface area contributed by atoms with Crippen molar-refractivity contribution in [1.82, 2.24) is 18.7 Å². The van der Waals surface area contributed by atoms with Gasteiger partial charge in [-0.2, -0.15) is 4.98 Å². The number of anilines is 2. The maximum atomic E-state index is 13.6. The van der Waals surface area contributed by atoms with Crippen LogP contribution in [0.2, 0.25) is 10.0 Å². The normalized spacial score (nSPS) is 12.8. The molecule has 0 N–H and O–H groups in total. The average molecular weight is 534 g/mol. The quantitative estimate of drug-likeness (QED) is 0.310. The van der Waals surface area contributed by atoms with Crippen LogP contribution in [0.25, 0.3) is 11.2 Å². The number of benzene rings is 3. The van der Waals surface area contributed by atoms with Crippen LogP contribution in [-0.4, -0.2) is 25.2 Å². The Labute approximate surface area is 221 Å². The maximum Gasteiger partial charge on any atom is 0.332 e. The van der Waals surface area contributed by atoms with Crippen LogP contribution in [-0.2, 0) is 20.1 Å². The van der Waals surface area contributed by atoms with E-state index in [0.29, 0.717) is 51.6 Å². The largest absolute Gasteiger partial charge is 0.457 e. The molecule has 6 rings (SSSR count). The molecule has 0 unspecified atom stereocenters. The molecule has 3 heterocycles. The van der Waals surface area contributed by atoms with E-state index in [0.717, 1.165) is 11.4 Å². The number of fused-ring (bicyclic) bond motifs is 3. The maximum absolute atomic E-state index is 13.6. The molecule has 0 bridgehead atoms. The highest BCUT2D eigenvalue weighted by Crippen LogP contribution is 2.33. The van der Waals surface area contributed by atoms with E-state index in [4.69, 9.17) is 32.9 Å². The molecule has 10 heteroatoms. The standard InChI is InChI=1S/C27H21Cl2N5O3/c1-31-24-23(25(35)34(27(31)36)16-17-7-8-18(28)15-22(17)29)33-14-13-32(26(33)30-24)19-9-11-21(12-10-19)37-20-5-3-2-4-6-20/h2-12,15H,13-14,16H2,1H3. The minimum atomic E-state index is -0.464. The summed E-state index contributed by atoms with van der Waals surface area (Å²) in [5, 5.41) is 0.878. The number of hydrogen-bond donors (Lipinski definition) is 0. The lowest BCUT2D eigenvalue weighted by molar-refractivity contribution is 0.482. The molecule has 0 amide bonds. The number of rotatable bonds is 5. The SMILES string of the molecule is Cn1c(=O)n(Cc2ccc(Cl)cc2Cl)c(=O)c2c1nc1n2CCN1c1ccc(Oc2ccccc2)cc1. The van der Waals surface area contributed by atoms with Gasteiger partial charge in [0.25, 0.3) is 5.56 Å². The third-order valence-corrected chi connectivity index (χ3v) is 7.06. The Kier molecular flexibility index (Phi) is 5.78. The summed E-state index contributed by atoms with van der Waals surface area (Å²) in [5.41, 5.74) is 1.40. The lowest BCUT2D eigenvalue weighted by Gasteiger charge is -2.16. The van der Waals surface area contributed by atoms with Gasteiger partial charge in [0.15, 0.2) is 11.2 Å². The molecule has 0 saturated carbocycles. The Morgan fingerprint density at radius 1 is 0.919 bits per heavy atom. The molecule has 1 aliphatic heterocycles.